The van der Waals surface area contributed by atoms with E-state index in [4.69, 9.17) is 9.47 Å². The average molecular weight is 386 g/mol. The lowest BCUT2D eigenvalue weighted by atomic mass is 10.2. The Morgan fingerprint density at radius 3 is 2.46 bits per heavy atom. The van der Waals surface area contributed by atoms with Gasteiger partial charge in [-0.05, 0) is 36.8 Å². The average Bonchev–Trinajstić information content (AvgIpc) is 2.70. The van der Waals surface area contributed by atoms with E-state index in [2.05, 4.69) is 12.2 Å². The predicted molar refractivity (Wildman–Crippen MR) is 103 cm³/mol. The second-order valence-electron chi connectivity index (χ2n) is 5.98. The summed E-state index contributed by atoms with van der Waals surface area (Å²) < 4.78 is 10.5. The van der Waals surface area contributed by atoms with Crippen molar-refractivity contribution in [2.75, 3.05) is 18.5 Å². The van der Waals surface area contributed by atoms with Gasteiger partial charge >= 0.3 is 5.97 Å². The summed E-state index contributed by atoms with van der Waals surface area (Å²) in [5.74, 6) is -0.685. The summed E-state index contributed by atoms with van der Waals surface area (Å²) in [6.07, 6.45) is 3.17. The first-order chi connectivity index (χ1) is 13.5. The van der Waals surface area contributed by atoms with Crippen LogP contribution < -0.4 is 10.1 Å². The minimum atomic E-state index is -0.671. The van der Waals surface area contributed by atoms with E-state index in [1.807, 2.05) is 0 Å². The Morgan fingerprint density at radius 1 is 1.07 bits per heavy atom. The van der Waals surface area contributed by atoms with Crippen LogP contribution in [0.25, 0.3) is 0 Å². The van der Waals surface area contributed by atoms with Crippen molar-refractivity contribution in [3.05, 3.63) is 64.2 Å². The Labute approximate surface area is 162 Å². The van der Waals surface area contributed by atoms with Gasteiger partial charge in [-0.1, -0.05) is 31.9 Å². The van der Waals surface area contributed by atoms with Gasteiger partial charge in [0.25, 0.3) is 11.6 Å². The van der Waals surface area contributed by atoms with Crippen LogP contribution in [0.2, 0.25) is 0 Å². The second kappa shape index (κ2) is 10.7. The van der Waals surface area contributed by atoms with Crippen molar-refractivity contribution in [3.63, 3.8) is 0 Å². The first kappa shape index (κ1) is 20.9. The summed E-state index contributed by atoms with van der Waals surface area (Å²) >= 11 is 0. The smallest absolute Gasteiger partial charge is 0.338 e. The van der Waals surface area contributed by atoms with Crippen LogP contribution in [0.1, 0.15) is 36.5 Å². The molecule has 0 aromatic heterocycles. The van der Waals surface area contributed by atoms with Gasteiger partial charge in [-0.25, -0.2) is 4.79 Å². The topological polar surface area (TPSA) is 108 Å². The van der Waals surface area contributed by atoms with Crippen LogP contribution in [-0.2, 0) is 9.53 Å². The number of carbonyl (C=O) groups excluding carboxylic acids is 2. The van der Waals surface area contributed by atoms with Crippen LogP contribution in [-0.4, -0.2) is 30.0 Å². The van der Waals surface area contributed by atoms with Crippen molar-refractivity contribution in [3.8, 4) is 5.75 Å². The van der Waals surface area contributed by atoms with Gasteiger partial charge in [0, 0.05) is 6.07 Å². The molecule has 0 saturated carbocycles. The molecule has 2 aromatic carbocycles. The molecule has 0 bridgehead atoms. The minimum absolute atomic E-state index is 0.0399. The molecule has 2 rings (SSSR count). The van der Waals surface area contributed by atoms with Crippen molar-refractivity contribution < 1.29 is 24.0 Å². The number of para-hydroxylation sites is 2. The number of rotatable bonds is 10. The summed E-state index contributed by atoms with van der Waals surface area (Å²) in [5, 5.41) is 13.3. The van der Waals surface area contributed by atoms with Crippen LogP contribution in [0, 0.1) is 10.1 Å². The SMILES string of the molecule is CCCCCOc1ccc(C(=O)OCC(=O)Nc2ccccc2[N+](=O)[O-])cc1. The third kappa shape index (κ3) is 6.39. The van der Waals surface area contributed by atoms with E-state index in [9.17, 15) is 19.7 Å². The number of nitrogens with one attached hydrogen (secondary N) is 1. The van der Waals surface area contributed by atoms with E-state index >= 15 is 0 Å². The Kier molecular flexibility index (Phi) is 7.95. The first-order valence-electron chi connectivity index (χ1n) is 8.94. The van der Waals surface area contributed by atoms with E-state index in [0.717, 1.165) is 19.3 Å². The van der Waals surface area contributed by atoms with Gasteiger partial charge in [0.15, 0.2) is 6.61 Å². The number of hydrogen-bond acceptors (Lipinski definition) is 6. The highest BCUT2D eigenvalue weighted by molar-refractivity contribution is 5.96. The highest BCUT2D eigenvalue weighted by atomic mass is 16.6. The van der Waals surface area contributed by atoms with Crippen molar-refractivity contribution >= 4 is 23.3 Å². The number of benzene rings is 2. The normalized spacial score (nSPS) is 10.2. The van der Waals surface area contributed by atoms with Gasteiger partial charge in [-0.3, -0.25) is 14.9 Å². The van der Waals surface area contributed by atoms with Crippen LogP contribution >= 0.6 is 0 Å². The molecule has 0 spiro atoms. The molecule has 0 radical (unpaired) electrons. The van der Waals surface area contributed by atoms with E-state index in [1.165, 1.54) is 18.2 Å². The monoisotopic (exact) mass is 386 g/mol. The molecule has 1 amide bonds. The van der Waals surface area contributed by atoms with Gasteiger partial charge in [-0.2, -0.15) is 0 Å². The Morgan fingerprint density at radius 2 is 1.79 bits per heavy atom. The van der Waals surface area contributed by atoms with E-state index in [-0.39, 0.29) is 16.9 Å². The molecule has 0 heterocycles. The Hall–Kier alpha value is -3.42. The predicted octanol–water partition coefficient (Wildman–Crippen LogP) is 3.96. The summed E-state index contributed by atoms with van der Waals surface area (Å²) in [5.41, 5.74) is 0.0780. The fourth-order valence-electron chi connectivity index (χ4n) is 2.37. The van der Waals surface area contributed by atoms with E-state index < -0.39 is 23.4 Å². The van der Waals surface area contributed by atoms with Crippen LogP contribution in [0.3, 0.4) is 0 Å². The number of anilines is 1. The molecular formula is C20H22N2O6. The summed E-state index contributed by atoms with van der Waals surface area (Å²) in [6.45, 7) is 2.17. The van der Waals surface area contributed by atoms with Gasteiger partial charge < -0.3 is 14.8 Å². The lowest BCUT2D eigenvalue weighted by Gasteiger charge is -2.08. The number of nitrogens with zero attached hydrogens (tertiary/aromatic N) is 1. The van der Waals surface area contributed by atoms with Crippen molar-refractivity contribution in [1.82, 2.24) is 0 Å². The molecule has 1 N–H and O–H groups in total. The Bertz CT molecular complexity index is 820. The van der Waals surface area contributed by atoms with Crippen molar-refractivity contribution in [1.29, 1.82) is 0 Å². The Balaban J connectivity index is 1.83. The molecule has 0 aliphatic carbocycles. The van der Waals surface area contributed by atoms with E-state index in [1.54, 1.807) is 30.3 Å². The van der Waals surface area contributed by atoms with Gasteiger partial charge in [0.2, 0.25) is 0 Å². The maximum absolute atomic E-state index is 12.0. The lowest BCUT2D eigenvalue weighted by Crippen LogP contribution is -2.21. The molecule has 0 aliphatic heterocycles. The molecule has 0 aliphatic rings. The standard InChI is InChI=1S/C20H22N2O6/c1-2-3-6-13-27-16-11-9-15(10-12-16)20(24)28-14-19(23)21-17-7-4-5-8-18(17)22(25)26/h4-5,7-12H,2-3,6,13-14H2,1H3,(H,21,23). The molecule has 148 valence electrons. The van der Waals surface area contributed by atoms with Gasteiger partial charge in [-0.15, -0.1) is 0 Å². The third-order valence-electron chi connectivity index (χ3n) is 3.82. The molecule has 8 heteroatoms. The summed E-state index contributed by atoms with van der Waals surface area (Å²) in [6, 6.07) is 12.1. The number of hydrogen-bond donors (Lipinski definition) is 1. The zero-order valence-electron chi connectivity index (χ0n) is 15.6. The van der Waals surface area contributed by atoms with Crippen LogP contribution in [0.15, 0.2) is 48.5 Å². The molecule has 28 heavy (non-hydrogen) atoms. The lowest BCUT2D eigenvalue weighted by molar-refractivity contribution is -0.383. The molecule has 0 saturated heterocycles. The minimum Gasteiger partial charge on any atom is -0.494 e. The van der Waals surface area contributed by atoms with Crippen molar-refractivity contribution in [2.24, 2.45) is 0 Å². The van der Waals surface area contributed by atoms with Crippen molar-refractivity contribution in [2.45, 2.75) is 26.2 Å². The number of nitro groups is 1. The maximum Gasteiger partial charge on any atom is 0.338 e. The number of carbonyl (C=O) groups is 2. The molecule has 0 unspecified atom stereocenters. The zero-order chi connectivity index (χ0) is 20.4. The van der Waals surface area contributed by atoms with Crippen LogP contribution in [0.5, 0.6) is 5.75 Å². The first-order valence-corrected chi connectivity index (χ1v) is 8.94. The summed E-state index contributed by atoms with van der Waals surface area (Å²) in [7, 11) is 0. The molecule has 0 atom stereocenters. The maximum atomic E-state index is 12.0. The summed E-state index contributed by atoms with van der Waals surface area (Å²) in [4.78, 5) is 34.3. The number of ether oxygens (including phenoxy) is 2. The largest absolute Gasteiger partial charge is 0.494 e. The highest BCUT2D eigenvalue weighted by Gasteiger charge is 2.16. The highest BCUT2D eigenvalue weighted by Crippen LogP contribution is 2.23. The molecule has 2 aromatic rings. The molecular weight excluding hydrogens is 364 g/mol. The second-order valence-corrected chi connectivity index (χ2v) is 5.98. The van der Waals surface area contributed by atoms with E-state index in [0.29, 0.717) is 12.4 Å². The number of unbranched alkanes of at least 4 members (excludes halogenated alkanes) is 2. The fourth-order valence-corrected chi connectivity index (χ4v) is 2.37. The van der Waals surface area contributed by atoms with Gasteiger partial charge in [0.1, 0.15) is 11.4 Å². The number of nitro benzene ring substituents is 1. The third-order valence-corrected chi connectivity index (χ3v) is 3.82. The fraction of sp³-hybridized carbons (Fsp3) is 0.300. The quantitative estimate of drug-likeness (QED) is 0.287. The zero-order valence-corrected chi connectivity index (χ0v) is 15.6. The van der Waals surface area contributed by atoms with Crippen LogP contribution in [0.4, 0.5) is 11.4 Å². The number of amides is 1. The molecule has 8 nitrogen and oxygen atoms in total. The number of esters is 1. The van der Waals surface area contributed by atoms with Gasteiger partial charge in [0.05, 0.1) is 17.1 Å². The molecule has 0 fully saturated rings.